The number of fused-ring (bicyclic) bond motifs is 1. The van der Waals surface area contributed by atoms with E-state index in [1.165, 1.54) is 0 Å². The molecule has 1 N–H and O–H groups in total. The van der Waals surface area contributed by atoms with E-state index in [0.29, 0.717) is 31.6 Å². The summed E-state index contributed by atoms with van der Waals surface area (Å²) in [5.74, 6) is -1.03. The largest absolute Gasteiger partial charge is 0.479 e. The van der Waals surface area contributed by atoms with E-state index in [1.807, 2.05) is 65.8 Å². The number of aliphatic carboxylic acids is 1. The number of hydrogen-bond acceptors (Lipinski definition) is 4. The molecule has 2 aromatic rings. The second-order valence-electron chi connectivity index (χ2n) is 11.4. The second-order valence-corrected chi connectivity index (χ2v) is 13.3. The Morgan fingerprint density at radius 1 is 0.919 bits per heavy atom. The molecule has 1 unspecified atom stereocenters. The maximum atomic E-state index is 13.5. The Morgan fingerprint density at radius 3 is 2.11 bits per heavy atom. The topological polar surface area (TPSA) is 87.1 Å². The molecule has 0 aromatic heterocycles. The number of hydrogen-bond donors (Lipinski definition) is 1. The van der Waals surface area contributed by atoms with Gasteiger partial charge in [0.25, 0.3) is 10.2 Å². The van der Waals surface area contributed by atoms with Crippen molar-refractivity contribution in [3.63, 3.8) is 0 Å². The molecule has 2 aliphatic rings. The Bertz CT molecular complexity index is 1270. The van der Waals surface area contributed by atoms with Gasteiger partial charge < -0.3 is 9.84 Å². The summed E-state index contributed by atoms with van der Waals surface area (Å²) in [6, 6.07) is 8.05. The lowest BCUT2D eigenvalue weighted by molar-refractivity contribution is -0.160. The molecule has 0 radical (unpaired) electrons. The molecule has 8 heteroatoms. The van der Waals surface area contributed by atoms with E-state index < -0.39 is 27.9 Å². The van der Waals surface area contributed by atoms with Gasteiger partial charge in [-0.2, -0.15) is 17.0 Å². The second kappa shape index (κ2) is 10.5. The molecule has 7 nitrogen and oxygen atoms in total. The number of carbonyl (C=O) groups is 1. The number of ether oxygens (including phenoxy) is 1. The normalized spacial score (nSPS) is 18.4. The molecule has 2 heterocycles. The summed E-state index contributed by atoms with van der Waals surface area (Å²) in [5.41, 5.74) is 6.65. The maximum Gasteiger partial charge on any atom is 0.337 e. The Labute approximate surface area is 221 Å². The predicted octanol–water partition coefficient (Wildman–Crippen LogP) is 5.31. The average Bonchev–Trinajstić information content (AvgIpc) is 2.85. The summed E-state index contributed by atoms with van der Waals surface area (Å²) in [6.07, 6.45) is 2.26. The highest BCUT2D eigenvalue weighted by molar-refractivity contribution is 7.86. The van der Waals surface area contributed by atoms with E-state index in [1.54, 1.807) is 8.61 Å². The molecule has 37 heavy (non-hydrogen) atoms. The highest BCUT2D eigenvalue weighted by Crippen LogP contribution is 2.43. The van der Waals surface area contributed by atoms with E-state index in [2.05, 4.69) is 0 Å². The zero-order valence-corrected chi connectivity index (χ0v) is 23.7. The van der Waals surface area contributed by atoms with Crippen LogP contribution < -0.4 is 0 Å². The molecule has 2 aliphatic heterocycles. The van der Waals surface area contributed by atoms with E-state index in [-0.39, 0.29) is 6.54 Å². The maximum absolute atomic E-state index is 13.5. The number of carboxylic acids is 1. The van der Waals surface area contributed by atoms with E-state index >= 15 is 0 Å². The van der Waals surface area contributed by atoms with Gasteiger partial charge in [-0.15, -0.1) is 0 Å². The van der Waals surface area contributed by atoms with Gasteiger partial charge in [-0.1, -0.05) is 36.2 Å². The SMILES string of the molecule is Cc1ccc(-c2c(C)c3c(c(C)c2C(OC(C)(C)C)C(=O)O)CCN(S(=O)(=O)N2CCCCC2)C3)cc1. The van der Waals surface area contributed by atoms with Crippen molar-refractivity contribution in [3.8, 4) is 11.1 Å². The van der Waals surface area contributed by atoms with Gasteiger partial charge in [0.2, 0.25) is 0 Å². The molecular weight excluding hydrogens is 488 g/mol. The third-order valence-electron chi connectivity index (χ3n) is 7.53. The monoisotopic (exact) mass is 528 g/mol. The van der Waals surface area contributed by atoms with Crippen LogP contribution in [-0.4, -0.2) is 53.3 Å². The van der Waals surface area contributed by atoms with Crippen LogP contribution in [0.5, 0.6) is 0 Å². The Morgan fingerprint density at radius 2 is 1.54 bits per heavy atom. The summed E-state index contributed by atoms with van der Waals surface area (Å²) in [5, 5.41) is 10.3. The van der Waals surface area contributed by atoms with Crippen LogP contribution in [0.1, 0.15) is 79.5 Å². The third kappa shape index (κ3) is 5.62. The summed E-state index contributed by atoms with van der Waals surface area (Å²) in [4.78, 5) is 12.6. The summed E-state index contributed by atoms with van der Waals surface area (Å²) < 4.78 is 36.4. The van der Waals surface area contributed by atoms with Crippen LogP contribution in [0.25, 0.3) is 11.1 Å². The first-order valence-corrected chi connectivity index (χ1v) is 14.6. The van der Waals surface area contributed by atoms with Gasteiger partial charge in [0, 0.05) is 31.7 Å². The average molecular weight is 529 g/mol. The van der Waals surface area contributed by atoms with Crippen LogP contribution >= 0.6 is 0 Å². The fourth-order valence-electron chi connectivity index (χ4n) is 5.66. The lowest BCUT2D eigenvalue weighted by Gasteiger charge is -2.37. The zero-order valence-electron chi connectivity index (χ0n) is 22.9. The first kappa shape index (κ1) is 27.8. The molecule has 1 atom stereocenters. The molecule has 1 fully saturated rings. The van der Waals surface area contributed by atoms with Crippen LogP contribution in [0.3, 0.4) is 0 Å². The molecule has 0 spiro atoms. The van der Waals surface area contributed by atoms with Crippen molar-refractivity contribution in [3.05, 3.63) is 57.6 Å². The fourth-order valence-corrected chi connectivity index (χ4v) is 7.32. The smallest absolute Gasteiger partial charge is 0.337 e. The van der Waals surface area contributed by atoms with Gasteiger partial charge in [-0.05, 0) is 94.2 Å². The number of rotatable bonds is 6. The van der Waals surface area contributed by atoms with Gasteiger partial charge in [-0.3, -0.25) is 0 Å². The minimum atomic E-state index is -3.56. The summed E-state index contributed by atoms with van der Waals surface area (Å²) in [7, 11) is -3.56. The molecule has 4 rings (SSSR count). The fraction of sp³-hybridized carbons (Fsp3) is 0.552. The van der Waals surface area contributed by atoms with Crippen LogP contribution in [0, 0.1) is 20.8 Å². The van der Waals surface area contributed by atoms with Crippen LogP contribution in [0.2, 0.25) is 0 Å². The number of piperidine rings is 1. The predicted molar refractivity (Wildman–Crippen MR) is 146 cm³/mol. The van der Waals surface area contributed by atoms with Crippen molar-refractivity contribution in [2.24, 2.45) is 0 Å². The zero-order chi connectivity index (χ0) is 27.1. The number of benzene rings is 2. The summed E-state index contributed by atoms with van der Waals surface area (Å²) >= 11 is 0. The lowest BCUT2D eigenvalue weighted by Crippen LogP contribution is -2.47. The molecule has 1 saturated heterocycles. The van der Waals surface area contributed by atoms with Gasteiger partial charge in [-0.25, -0.2) is 4.79 Å². The molecule has 202 valence electrons. The minimum absolute atomic E-state index is 0.290. The van der Waals surface area contributed by atoms with Gasteiger partial charge in [0.1, 0.15) is 0 Å². The van der Waals surface area contributed by atoms with Gasteiger partial charge >= 0.3 is 5.97 Å². The molecule has 0 amide bonds. The highest BCUT2D eigenvalue weighted by Gasteiger charge is 2.38. The van der Waals surface area contributed by atoms with Crippen molar-refractivity contribution in [2.45, 2.75) is 85.5 Å². The third-order valence-corrected chi connectivity index (χ3v) is 9.51. The molecular formula is C29H40N2O5S. The van der Waals surface area contributed by atoms with Crippen molar-refractivity contribution in [1.29, 1.82) is 0 Å². The van der Waals surface area contributed by atoms with Gasteiger partial charge in [0.15, 0.2) is 6.10 Å². The number of carboxylic acid groups (broad SMARTS) is 1. The Hall–Kier alpha value is -2.26. The van der Waals surface area contributed by atoms with E-state index in [0.717, 1.165) is 58.2 Å². The van der Waals surface area contributed by atoms with E-state index in [9.17, 15) is 18.3 Å². The first-order valence-electron chi connectivity index (χ1n) is 13.2. The van der Waals surface area contributed by atoms with Crippen molar-refractivity contribution >= 4 is 16.2 Å². The standard InChI is InChI=1S/C29H40N2O5S/c1-19-10-12-22(13-11-19)25-21(3)24-18-31(37(34,35)30-15-8-7-9-16-30)17-14-23(24)20(2)26(25)27(28(32)33)36-29(4,5)6/h10-13,27H,7-9,14-18H2,1-6H3,(H,32,33). The van der Waals surface area contributed by atoms with Crippen LogP contribution in [0.15, 0.2) is 24.3 Å². The van der Waals surface area contributed by atoms with Crippen molar-refractivity contribution < 1.29 is 23.1 Å². The lowest BCUT2D eigenvalue weighted by atomic mass is 9.80. The van der Waals surface area contributed by atoms with Gasteiger partial charge in [0.05, 0.1) is 5.60 Å². The number of nitrogens with zero attached hydrogens (tertiary/aromatic N) is 2. The van der Waals surface area contributed by atoms with Crippen molar-refractivity contribution in [2.75, 3.05) is 19.6 Å². The summed E-state index contributed by atoms with van der Waals surface area (Å²) in [6.45, 7) is 13.4. The Balaban J connectivity index is 1.88. The molecule has 0 aliphatic carbocycles. The van der Waals surface area contributed by atoms with Crippen LogP contribution in [0.4, 0.5) is 0 Å². The Kier molecular flexibility index (Phi) is 7.87. The number of aryl methyl sites for hydroxylation is 1. The van der Waals surface area contributed by atoms with Crippen LogP contribution in [-0.2, 0) is 32.7 Å². The molecule has 2 aromatic carbocycles. The minimum Gasteiger partial charge on any atom is -0.479 e. The molecule has 0 saturated carbocycles. The highest BCUT2D eigenvalue weighted by atomic mass is 32.2. The van der Waals surface area contributed by atoms with E-state index in [4.69, 9.17) is 4.74 Å². The van der Waals surface area contributed by atoms with Crippen molar-refractivity contribution in [1.82, 2.24) is 8.61 Å². The first-order chi connectivity index (χ1) is 17.3. The quantitative estimate of drug-likeness (QED) is 0.549. The molecule has 0 bridgehead atoms.